The van der Waals surface area contributed by atoms with Crippen LogP contribution < -0.4 is 5.73 Å². The van der Waals surface area contributed by atoms with E-state index in [0.29, 0.717) is 13.1 Å². The average molecular weight is 251 g/mol. The second kappa shape index (κ2) is 4.94. The molecule has 4 nitrogen and oxygen atoms in total. The number of nitrogens with two attached hydrogens (primary N) is 1. The minimum atomic E-state index is -0.266. The standard InChI is InChI=1S/C13H18FN3O/c1-9(7-15)17-8-12(16(2)13(17)18)10-3-5-11(14)6-4-10/h3-6,9,12H,7-8,15H2,1-2H3. The zero-order valence-electron chi connectivity index (χ0n) is 10.6. The van der Waals surface area contributed by atoms with Crippen LogP contribution in [0.25, 0.3) is 0 Å². The van der Waals surface area contributed by atoms with E-state index >= 15 is 0 Å². The first-order chi connectivity index (χ1) is 8.54. The van der Waals surface area contributed by atoms with Gasteiger partial charge in [0, 0.05) is 26.2 Å². The molecule has 2 N–H and O–H groups in total. The summed E-state index contributed by atoms with van der Waals surface area (Å²) < 4.78 is 12.9. The molecule has 2 rings (SSSR count). The highest BCUT2D eigenvalue weighted by molar-refractivity contribution is 5.77. The Hall–Kier alpha value is -1.62. The molecule has 1 fully saturated rings. The maximum absolute atomic E-state index is 12.9. The predicted molar refractivity (Wildman–Crippen MR) is 67.5 cm³/mol. The molecule has 1 aromatic rings. The second-order valence-corrected chi connectivity index (χ2v) is 4.70. The number of urea groups is 1. The van der Waals surface area contributed by atoms with Gasteiger partial charge in [-0.25, -0.2) is 9.18 Å². The highest BCUT2D eigenvalue weighted by Gasteiger charge is 2.37. The third-order valence-corrected chi connectivity index (χ3v) is 3.51. The number of amides is 2. The van der Waals surface area contributed by atoms with Crippen molar-refractivity contribution in [3.8, 4) is 0 Å². The molecule has 0 aliphatic carbocycles. The predicted octanol–water partition coefficient (Wildman–Crippen LogP) is 1.58. The molecule has 2 atom stereocenters. The highest BCUT2D eigenvalue weighted by Crippen LogP contribution is 2.29. The Balaban J connectivity index is 2.21. The van der Waals surface area contributed by atoms with Crippen molar-refractivity contribution >= 4 is 6.03 Å². The smallest absolute Gasteiger partial charge is 0.320 e. The third-order valence-electron chi connectivity index (χ3n) is 3.51. The molecule has 1 aliphatic rings. The summed E-state index contributed by atoms with van der Waals surface area (Å²) in [6.07, 6.45) is 0. The van der Waals surface area contributed by atoms with Crippen LogP contribution in [-0.4, -0.2) is 42.0 Å². The van der Waals surface area contributed by atoms with Gasteiger partial charge in [0.15, 0.2) is 0 Å². The van der Waals surface area contributed by atoms with Crippen molar-refractivity contribution in [1.29, 1.82) is 0 Å². The van der Waals surface area contributed by atoms with Gasteiger partial charge in [-0.3, -0.25) is 0 Å². The van der Waals surface area contributed by atoms with Crippen LogP contribution in [0, 0.1) is 5.82 Å². The first-order valence-electron chi connectivity index (χ1n) is 6.03. The average Bonchev–Trinajstić information content (AvgIpc) is 2.67. The summed E-state index contributed by atoms with van der Waals surface area (Å²) in [5.74, 6) is -0.266. The molecule has 1 aromatic carbocycles. The van der Waals surface area contributed by atoms with Crippen LogP contribution in [0.1, 0.15) is 18.5 Å². The third kappa shape index (κ3) is 2.18. The second-order valence-electron chi connectivity index (χ2n) is 4.70. The number of likely N-dealkylation sites (N-methyl/N-ethyl adjacent to an activating group) is 1. The minimum Gasteiger partial charge on any atom is -0.328 e. The van der Waals surface area contributed by atoms with Gasteiger partial charge in [0.2, 0.25) is 0 Å². The Labute approximate surface area is 106 Å². The number of carbonyl (C=O) groups is 1. The van der Waals surface area contributed by atoms with Crippen molar-refractivity contribution in [2.75, 3.05) is 20.1 Å². The lowest BCUT2D eigenvalue weighted by atomic mass is 10.1. The van der Waals surface area contributed by atoms with E-state index in [1.165, 1.54) is 12.1 Å². The van der Waals surface area contributed by atoms with E-state index in [4.69, 9.17) is 5.73 Å². The van der Waals surface area contributed by atoms with E-state index in [9.17, 15) is 9.18 Å². The van der Waals surface area contributed by atoms with Crippen molar-refractivity contribution in [2.24, 2.45) is 5.73 Å². The number of hydrogen-bond donors (Lipinski definition) is 1. The van der Waals surface area contributed by atoms with Crippen molar-refractivity contribution in [3.63, 3.8) is 0 Å². The first-order valence-corrected chi connectivity index (χ1v) is 6.03. The highest BCUT2D eigenvalue weighted by atomic mass is 19.1. The SMILES string of the molecule is CC(CN)N1CC(c2ccc(F)cc2)N(C)C1=O. The Kier molecular flexibility index (Phi) is 3.52. The molecule has 0 radical (unpaired) electrons. The summed E-state index contributed by atoms with van der Waals surface area (Å²) in [6, 6.07) is 6.24. The van der Waals surface area contributed by atoms with Crippen LogP contribution in [0.5, 0.6) is 0 Å². The maximum atomic E-state index is 12.9. The van der Waals surface area contributed by atoms with Gasteiger partial charge in [-0.05, 0) is 24.6 Å². The fourth-order valence-electron chi connectivity index (χ4n) is 2.23. The van der Waals surface area contributed by atoms with Crippen LogP contribution in [0.15, 0.2) is 24.3 Å². The lowest BCUT2D eigenvalue weighted by Gasteiger charge is -2.21. The Morgan fingerprint density at radius 2 is 2.06 bits per heavy atom. The summed E-state index contributed by atoms with van der Waals surface area (Å²) in [7, 11) is 1.76. The van der Waals surface area contributed by atoms with Crippen molar-refractivity contribution < 1.29 is 9.18 Å². The zero-order valence-corrected chi connectivity index (χ0v) is 10.6. The fourth-order valence-corrected chi connectivity index (χ4v) is 2.23. The lowest BCUT2D eigenvalue weighted by Crippen LogP contribution is -2.40. The summed E-state index contributed by atoms with van der Waals surface area (Å²) in [6.45, 7) is 2.97. The molecule has 2 amide bonds. The van der Waals surface area contributed by atoms with Crippen LogP contribution in [0.2, 0.25) is 0 Å². The molecule has 2 unspecified atom stereocenters. The Morgan fingerprint density at radius 3 is 2.61 bits per heavy atom. The lowest BCUT2D eigenvalue weighted by molar-refractivity contribution is 0.185. The van der Waals surface area contributed by atoms with Gasteiger partial charge < -0.3 is 15.5 Å². The van der Waals surface area contributed by atoms with E-state index < -0.39 is 0 Å². The molecule has 1 heterocycles. The monoisotopic (exact) mass is 251 g/mol. The van der Waals surface area contributed by atoms with Crippen LogP contribution in [-0.2, 0) is 0 Å². The minimum absolute atomic E-state index is 0.0189. The van der Waals surface area contributed by atoms with Gasteiger partial charge in [0.1, 0.15) is 5.82 Å². The summed E-state index contributed by atoms with van der Waals surface area (Å²) in [5.41, 5.74) is 6.55. The number of hydrogen-bond acceptors (Lipinski definition) is 2. The molecule has 0 saturated carbocycles. The topological polar surface area (TPSA) is 49.6 Å². The first kappa shape index (κ1) is 12.8. The molecular weight excluding hydrogens is 233 g/mol. The van der Waals surface area contributed by atoms with Crippen LogP contribution in [0.4, 0.5) is 9.18 Å². The van der Waals surface area contributed by atoms with Gasteiger partial charge in [-0.2, -0.15) is 0 Å². The van der Waals surface area contributed by atoms with Gasteiger partial charge in [0.05, 0.1) is 6.04 Å². The molecule has 0 bridgehead atoms. The van der Waals surface area contributed by atoms with E-state index in [2.05, 4.69) is 0 Å². The number of halogens is 1. The fraction of sp³-hybridized carbons (Fsp3) is 0.462. The van der Waals surface area contributed by atoms with Gasteiger partial charge in [0.25, 0.3) is 0 Å². The number of nitrogens with zero attached hydrogens (tertiary/aromatic N) is 2. The van der Waals surface area contributed by atoms with E-state index in [1.54, 1.807) is 29.0 Å². The van der Waals surface area contributed by atoms with Crippen molar-refractivity contribution in [2.45, 2.75) is 19.0 Å². The molecule has 0 aromatic heterocycles. The van der Waals surface area contributed by atoms with Crippen LogP contribution >= 0.6 is 0 Å². The van der Waals surface area contributed by atoms with E-state index in [0.717, 1.165) is 5.56 Å². The van der Waals surface area contributed by atoms with E-state index in [1.807, 2.05) is 6.92 Å². The van der Waals surface area contributed by atoms with E-state index in [-0.39, 0.29) is 23.9 Å². The van der Waals surface area contributed by atoms with Gasteiger partial charge in [-0.15, -0.1) is 0 Å². The molecule has 98 valence electrons. The molecule has 0 spiro atoms. The van der Waals surface area contributed by atoms with Gasteiger partial charge >= 0.3 is 6.03 Å². The number of rotatable bonds is 3. The summed E-state index contributed by atoms with van der Waals surface area (Å²) in [5, 5.41) is 0. The summed E-state index contributed by atoms with van der Waals surface area (Å²) >= 11 is 0. The maximum Gasteiger partial charge on any atom is 0.320 e. The molecule has 18 heavy (non-hydrogen) atoms. The molecule has 5 heteroatoms. The Morgan fingerprint density at radius 1 is 1.44 bits per heavy atom. The van der Waals surface area contributed by atoms with Gasteiger partial charge in [-0.1, -0.05) is 12.1 Å². The quantitative estimate of drug-likeness (QED) is 0.886. The molecular formula is C13H18FN3O. The Bertz CT molecular complexity index is 434. The molecule has 1 saturated heterocycles. The number of benzene rings is 1. The van der Waals surface area contributed by atoms with Crippen molar-refractivity contribution in [1.82, 2.24) is 9.80 Å². The van der Waals surface area contributed by atoms with Crippen LogP contribution in [0.3, 0.4) is 0 Å². The normalized spacial score (nSPS) is 21.6. The zero-order chi connectivity index (χ0) is 13.3. The number of carbonyl (C=O) groups excluding carboxylic acids is 1. The summed E-state index contributed by atoms with van der Waals surface area (Å²) in [4.78, 5) is 15.5. The largest absolute Gasteiger partial charge is 0.328 e. The molecule has 1 aliphatic heterocycles. The van der Waals surface area contributed by atoms with Crippen molar-refractivity contribution in [3.05, 3.63) is 35.6 Å².